The number of benzene rings is 2. The van der Waals surface area contributed by atoms with Crippen molar-refractivity contribution in [1.82, 2.24) is 0 Å². The summed E-state index contributed by atoms with van der Waals surface area (Å²) >= 11 is 0. The van der Waals surface area contributed by atoms with Crippen LogP contribution < -0.4 is 5.73 Å². The topological polar surface area (TPSA) is 26.0 Å². The summed E-state index contributed by atoms with van der Waals surface area (Å²) in [6.45, 7) is 9.39. The summed E-state index contributed by atoms with van der Waals surface area (Å²) in [4.78, 5) is 0. The highest BCUT2D eigenvalue weighted by atomic mass is 14.6. The first-order valence-corrected chi connectivity index (χ1v) is 7.28. The molecule has 0 saturated heterocycles. The number of nitrogens with two attached hydrogens (primary N) is 1. The van der Waals surface area contributed by atoms with Crippen LogP contribution in [-0.4, -0.2) is 6.54 Å². The predicted octanol–water partition coefficient (Wildman–Crippen LogP) is 4.13. The minimum atomic E-state index is 0.0400. The van der Waals surface area contributed by atoms with Gasteiger partial charge in [-0.3, -0.25) is 0 Å². The van der Waals surface area contributed by atoms with Crippen molar-refractivity contribution in [3.05, 3.63) is 70.3 Å². The molecule has 0 fully saturated rings. The van der Waals surface area contributed by atoms with Crippen molar-refractivity contribution >= 4 is 0 Å². The summed E-state index contributed by atoms with van der Waals surface area (Å²) in [5.74, 6) is 0. The molecule has 0 amide bonds. The Hall–Kier alpha value is -1.60. The fraction of sp³-hybridized carbons (Fsp3) is 0.368. The number of aryl methyl sites for hydroxylation is 2. The van der Waals surface area contributed by atoms with Crippen LogP contribution in [0.5, 0.6) is 0 Å². The average molecular weight is 267 g/mol. The minimum absolute atomic E-state index is 0.0400. The van der Waals surface area contributed by atoms with Crippen LogP contribution in [0.15, 0.2) is 42.5 Å². The van der Waals surface area contributed by atoms with E-state index >= 15 is 0 Å². The first-order valence-electron chi connectivity index (χ1n) is 7.28. The normalized spacial score (nSPS) is 11.7. The van der Waals surface area contributed by atoms with E-state index in [4.69, 9.17) is 5.73 Å². The summed E-state index contributed by atoms with van der Waals surface area (Å²) in [7, 11) is 0. The number of hydrogen-bond donors (Lipinski definition) is 1. The monoisotopic (exact) mass is 267 g/mol. The Labute approximate surface area is 122 Å². The second-order valence-corrected chi connectivity index (χ2v) is 6.40. The summed E-state index contributed by atoms with van der Waals surface area (Å²) in [6.07, 6.45) is 0.987. The standard InChI is InChI=1S/C19H25N/c1-14-8-9-17(15(2)10-14)11-16-6-5-7-18(12-16)19(3,4)13-20/h5-10,12H,11,13,20H2,1-4H3. The number of hydrogen-bond acceptors (Lipinski definition) is 1. The SMILES string of the molecule is Cc1ccc(Cc2cccc(C(C)(C)CN)c2)c(C)c1. The molecule has 0 atom stereocenters. The van der Waals surface area contributed by atoms with Gasteiger partial charge in [0.1, 0.15) is 0 Å². The Bertz CT molecular complexity index is 596. The molecular formula is C19H25N. The lowest BCUT2D eigenvalue weighted by molar-refractivity contribution is 0.538. The molecule has 0 aliphatic carbocycles. The third kappa shape index (κ3) is 3.29. The highest BCUT2D eigenvalue weighted by molar-refractivity contribution is 5.37. The first kappa shape index (κ1) is 14.8. The Balaban J connectivity index is 2.28. The highest BCUT2D eigenvalue weighted by Crippen LogP contribution is 2.24. The zero-order valence-electron chi connectivity index (χ0n) is 13.0. The molecule has 1 nitrogen and oxygen atoms in total. The predicted molar refractivity (Wildman–Crippen MR) is 87.2 cm³/mol. The largest absolute Gasteiger partial charge is 0.330 e. The first-order chi connectivity index (χ1) is 9.42. The van der Waals surface area contributed by atoms with Gasteiger partial charge in [-0.2, -0.15) is 0 Å². The van der Waals surface area contributed by atoms with Crippen molar-refractivity contribution in [1.29, 1.82) is 0 Å². The Morgan fingerprint density at radius 1 is 1.00 bits per heavy atom. The number of rotatable bonds is 4. The van der Waals surface area contributed by atoms with Gasteiger partial charge in [0, 0.05) is 12.0 Å². The van der Waals surface area contributed by atoms with E-state index in [1.807, 2.05) is 0 Å². The van der Waals surface area contributed by atoms with Gasteiger partial charge >= 0.3 is 0 Å². The molecule has 0 bridgehead atoms. The van der Waals surface area contributed by atoms with E-state index in [0.717, 1.165) is 6.42 Å². The highest BCUT2D eigenvalue weighted by Gasteiger charge is 2.18. The summed E-state index contributed by atoms with van der Waals surface area (Å²) in [6, 6.07) is 15.5. The van der Waals surface area contributed by atoms with Gasteiger partial charge in [0.25, 0.3) is 0 Å². The zero-order valence-corrected chi connectivity index (χ0v) is 13.0. The molecule has 106 valence electrons. The quantitative estimate of drug-likeness (QED) is 0.885. The molecule has 0 heterocycles. The van der Waals surface area contributed by atoms with E-state index in [0.29, 0.717) is 6.54 Å². The summed E-state index contributed by atoms with van der Waals surface area (Å²) in [5, 5.41) is 0. The molecule has 0 radical (unpaired) electrons. The molecule has 20 heavy (non-hydrogen) atoms. The van der Waals surface area contributed by atoms with Crippen LogP contribution in [0.25, 0.3) is 0 Å². The third-order valence-electron chi connectivity index (χ3n) is 4.11. The van der Waals surface area contributed by atoms with Gasteiger partial charge in [0.15, 0.2) is 0 Å². The molecule has 0 spiro atoms. The van der Waals surface area contributed by atoms with E-state index in [-0.39, 0.29) is 5.41 Å². The lowest BCUT2D eigenvalue weighted by Gasteiger charge is -2.23. The van der Waals surface area contributed by atoms with Gasteiger partial charge < -0.3 is 5.73 Å². The Morgan fingerprint density at radius 3 is 2.40 bits per heavy atom. The molecule has 2 aromatic carbocycles. The fourth-order valence-electron chi connectivity index (χ4n) is 2.48. The van der Waals surface area contributed by atoms with Crippen LogP contribution in [0.2, 0.25) is 0 Å². The van der Waals surface area contributed by atoms with Crippen LogP contribution in [-0.2, 0) is 11.8 Å². The van der Waals surface area contributed by atoms with Crippen molar-refractivity contribution < 1.29 is 0 Å². The molecule has 2 aromatic rings. The van der Waals surface area contributed by atoms with E-state index < -0.39 is 0 Å². The van der Waals surface area contributed by atoms with Crippen molar-refractivity contribution in [2.24, 2.45) is 5.73 Å². The van der Waals surface area contributed by atoms with Crippen LogP contribution >= 0.6 is 0 Å². The van der Waals surface area contributed by atoms with Crippen LogP contribution in [0.3, 0.4) is 0 Å². The van der Waals surface area contributed by atoms with Gasteiger partial charge in [0.2, 0.25) is 0 Å². The van der Waals surface area contributed by atoms with Gasteiger partial charge in [-0.05, 0) is 42.5 Å². The molecular weight excluding hydrogens is 242 g/mol. The van der Waals surface area contributed by atoms with Gasteiger partial charge in [-0.25, -0.2) is 0 Å². The van der Waals surface area contributed by atoms with Crippen LogP contribution in [0.4, 0.5) is 0 Å². The molecule has 0 aliphatic heterocycles. The lowest BCUT2D eigenvalue weighted by Crippen LogP contribution is -2.28. The lowest BCUT2D eigenvalue weighted by atomic mass is 9.83. The van der Waals surface area contributed by atoms with E-state index in [2.05, 4.69) is 70.2 Å². The van der Waals surface area contributed by atoms with Crippen molar-refractivity contribution in [2.45, 2.75) is 39.5 Å². The smallest absolute Gasteiger partial charge is 0.00191 e. The third-order valence-corrected chi connectivity index (χ3v) is 4.11. The van der Waals surface area contributed by atoms with Crippen LogP contribution in [0, 0.1) is 13.8 Å². The minimum Gasteiger partial charge on any atom is -0.330 e. The summed E-state index contributed by atoms with van der Waals surface area (Å²) < 4.78 is 0. The van der Waals surface area contributed by atoms with Crippen molar-refractivity contribution in [2.75, 3.05) is 6.54 Å². The second-order valence-electron chi connectivity index (χ2n) is 6.40. The van der Waals surface area contributed by atoms with E-state index in [1.165, 1.54) is 27.8 Å². The molecule has 0 aromatic heterocycles. The average Bonchev–Trinajstić information content (AvgIpc) is 2.42. The molecule has 2 rings (SSSR count). The van der Waals surface area contributed by atoms with Crippen molar-refractivity contribution in [3.8, 4) is 0 Å². The maximum atomic E-state index is 5.88. The molecule has 0 aliphatic rings. The van der Waals surface area contributed by atoms with Crippen LogP contribution in [0.1, 0.15) is 41.7 Å². The van der Waals surface area contributed by atoms with Gasteiger partial charge in [-0.15, -0.1) is 0 Å². The molecule has 2 N–H and O–H groups in total. The molecule has 0 unspecified atom stereocenters. The fourth-order valence-corrected chi connectivity index (χ4v) is 2.48. The molecule has 0 saturated carbocycles. The summed E-state index contributed by atoms with van der Waals surface area (Å²) in [5.41, 5.74) is 12.7. The van der Waals surface area contributed by atoms with E-state index in [1.54, 1.807) is 0 Å². The zero-order chi connectivity index (χ0) is 14.8. The Morgan fingerprint density at radius 2 is 1.75 bits per heavy atom. The maximum absolute atomic E-state index is 5.88. The van der Waals surface area contributed by atoms with Gasteiger partial charge in [0.05, 0.1) is 0 Å². The van der Waals surface area contributed by atoms with Crippen molar-refractivity contribution in [3.63, 3.8) is 0 Å². The Kier molecular flexibility index (Phi) is 4.29. The van der Waals surface area contributed by atoms with Gasteiger partial charge in [-0.1, -0.05) is 61.9 Å². The maximum Gasteiger partial charge on any atom is 0.00191 e. The second kappa shape index (κ2) is 5.80. The molecule has 1 heteroatoms. The van der Waals surface area contributed by atoms with E-state index in [9.17, 15) is 0 Å².